The van der Waals surface area contributed by atoms with Gasteiger partial charge in [-0.25, -0.2) is 4.39 Å². The van der Waals surface area contributed by atoms with Gasteiger partial charge in [0.05, 0.1) is 17.8 Å². The largest absolute Gasteiger partial charge is 0.322 e. The Hall–Kier alpha value is -1.96. The molecule has 0 aliphatic heterocycles. The van der Waals surface area contributed by atoms with Crippen LogP contribution in [0, 0.1) is 17.1 Å². The molecule has 0 N–H and O–H groups in total. The Labute approximate surface area is 105 Å². The lowest BCUT2D eigenvalue weighted by Gasteiger charge is -2.26. The van der Waals surface area contributed by atoms with Crippen LogP contribution in [0.1, 0.15) is 36.0 Å². The van der Waals surface area contributed by atoms with Crippen LogP contribution < -0.4 is 0 Å². The van der Waals surface area contributed by atoms with Gasteiger partial charge in [0, 0.05) is 12.2 Å². The van der Waals surface area contributed by atoms with E-state index in [1.807, 2.05) is 6.07 Å². The highest BCUT2D eigenvalue weighted by Gasteiger charge is 2.28. The Bertz CT molecular complexity index is 477. The maximum atomic E-state index is 13.5. The van der Waals surface area contributed by atoms with Crippen molar-refractivity contribution in [3.8, 4) is 6.07 Å². The van der Waals surface area contributed by atoms with Gasteiger partial charge in [-0.3, -0.25) is 9.78 Å². The van der Waals surface area contributed by atoms with E-state index in [4.69, 9.17) is 5.26 Å². The van der Waals surface area contributed by atoms with Crippen molar-refractivity contribution in [3.63, 3.8) is 0 Å². The summed E-state index contributed by atoms with van der Waals surface area (Å²) in [5.41, 5.74) is -0.00727. The third kappa shape index (κ3) is 2.48. The predicted octanol–water partition coefficient (Wildman–Crippen LogP) is 2.13. The summed E-state index contributed by atoms with van der Waals surface area (Å²) < 4.78 is 13.5. The highest BCUT2D eigenvalue weighted by molar-refractivity contribution is 5.94. The Morgan fingerprint density at radius 2 is 2.28 bits per heavy atom. The third-order valence-corrected chi connectivity index (χ3v) is 3.27. The van der Waals surface area contributed by atoms with E-state index in [2.05, 4.69) is 4.98 Å². The molecule has 2 rings (SSSR count). The molecule has 0 aromatic carbocycles. The van der Waals surface area contributed by atoms with Crippen molar-refractivity contribution in [2.24, 2.45) is 0 Å². The summed E-state index contributed by atoms with van der Waals surface area (Å²) >= 11 is 0. The maximum absolute atomic E-state index is 13.5. The van der Waals surface area contributed by atoms with Gasteiger partial charge < -0.3 is 4.90 Å². The topological polar surface area (TPSA) is 57.0 Å². The summed E-state index contributed by atoms with van der Waals surface area (Å²) in [5.74, 6) is -1.05. The van der Waals surface area contributed by atoms with Crippen LogP contribution in [0.3, 0.4) is 0 Å². The zero-order chi connectivity index (χ0) is 13.0. The molecular weight excluding hydrogens is 233 g/mol. The van der Waals surface area contributed by atoms with E-state index in [0.29, 0.717) is 0 Å². The van der Waals surface area contributed by atoms with Crippen LogP contribution in [-0.4, -0.2) is 28.4 Å². The monoisotopic (exact) mass is 247 g/mol. The van der Waals surface area contributed by atoms with E-state index in [9.17, 15) is 9.18 Å². The first-order valence-electron chi connectivity index (χ1n) is 6.01. The molecule has 94 valence electrons. The van der Waals surface area contributed by atoms with E-state index >= 15 is 0 Å². The highest BCUT2D eigenvalue weighted by Crippen LogP contribution is 2.25. The molecule has 1 aliphatic rings. The van der Waals surface area contributed by atoms with Crippen molar-refractivity contribution >= 4 is 5.91 Å². The van der Waals surface area contributed by atoms with Crippen molar-refractivity contribution in [2.45, 2.75) is 31.7 Å². The van der Waals surface area contributed by atoms with Crippen LogP contribution in [0.4, 0.5) is 4.39 Å². The van der Waals surface area contributed by atoms with Gasteiger partial charge in [-0.1, -0.05) is 12.8 Å². The standard InChI is InChI=1S/C13H14FN3O/c14-12-9-16-7-5-11(12)13(18)17(8-6-15)10-3-1-2-4-10/h5,7,9-10H,1-4,8H2. The molecule has 5 heteroatoms. The first-order valence-corrected chi connectivity index (χ1v) is 6.01. The van der Waals surface area contributed by atoms with Crippen molar-refractivity contribution < 1.29 is 9.18 Å². The molecule has 0 bridgehead atoms. The Morgan fingerprint density at radius 3 is 2.89 bits per heavy atom. The van der Waals surface area contributed by atoms with Crippen LogP contribution in [-0.2, 0) is 0 Å². The number of aromatic nitrogens is 1. The minimum absolute atomic E-state index is 0.00522. The summed E-state index contributed by atoms with van der Waals surface area (Å²) in [4.78, 5) is 17.3. The molecule has 0 atom stereocenters. The number of pyridine rings is 1. The lowest BCUT2D eigenvalue weighted by molar-refractivity contribution is 0.0704. The smallest absolute Gasteiger partial charge is 0.258 e. The second-order valence-electron chi connectivity index (χ2n) is 4.38. The quantitative estimate of drug-likeness (QED) is 0.769. The number of rotatable bonds is 3. The molecule has 1 heterocycles. The summed E-state index contributed by atoms with van der Waals surface area (Å²) in [7, 11) is 0. The molecule has 1 saturated carbocycles. The summed E-state index contributed by atoms with van der Waals surface area (Å²) in [6.45, 7) is 0.00522. The molecular formula is C13H14FN3O. The van der Waals surface area contributed by atoms with Gasteiger partial charge in [0.15, 0.2) is 5.82 Å². The molecule has 1 aromatic heterocycles. The number of hydrogen-bond donors (Lipinski definition) is 0. The van der Waals surface area contributed by atoms with Crippen molar-refractivity contribution in [1.82, 2.24) is 9.88 Å². The van der Waals surface area contributed by atoms with Crippen LogP contribution in [0.25, 0.3) is 0 Å². The van der Waals surface area contributed by atoms with Gasteiger partial charge in [0.2, 0.25) is 0 Å². The number of hydrogen-bond acceptors (Lipinski definition) is 3. The second kappa shape index (κ2) is 5.58. The van der Waals surface area contributed by atoms with Crippen molar-refractivity contribution in [1.29, 1.82) is 5.26 Å². The first-order chi connectivity index (χ1) is 8.74. The van der Waals surface area contributed by atoms with Crippen molar-refractivity contribution in [3.05, 3.63) is 29.8 Å². The Morgan fingerprint density at radius 1 is 1.56 bits per heavy atom. The van der Waals surface area contributed by atoms with Gasteiger partial charge in [-0.15, -0.1) is 0 Å². The van der Waals surface area contributed by atoms with Gasteiger partial charge in [-0.05, 0) is 18.9 Å². The fourth-order valence-electron chi connectivity index (χ4n) is 2.36. The lowest BCUT2D eigenvalue weighted by Crippen LogP contribution is -2.39. The molecule has 1 fully saturated rings. The normalized spacial score (nSPS) is 15.3. The molecule has 1 aliphatic carbocycles. The number of nitrogens with zero attached hydrogens (tertiary/aromatic N) is 3. The van der Waals surface area contributed by atoms with Gasteiger partial charge >= 0.3 is 0 Å². The van der Waals surface area contributed by atoms with Gasteiger partial charge in [0.25, 0.3) is 5.91 Å². The van der Waals surface area contributed by atoms with E-state index < -0.39 is 11.7 Å². The SMILES string of the molecule is N#CCN(C(=O)c1ccncc1F)C1CCCC1. The molecule has 4 nitrogen and oxygen atoms in total. The fourth-order valence-corrected chi connectivity index (χ4v) is 2.36. The third-order valence-electron chi connectivity index (χ3n) is 3.27. The van der Waals surface area contributed by atoms with E-state index in [1.54, 1.807) is 0 Å². The zero-order valence-electron chi connectivity index (χ0n) is 9.97. The maximum Gasteiger partial charge on any atom is 0.258 e. The second-order valence-corrected chi connectivity index (χ2v) is 4.38. The number of nitriles is 1. The number of amides is 1. The van der Waals surface area contributed by atoms with Crippen molar-refractivity contribution in [2.75, 3.05) is 6.54 Å². The Kier molecular flexibility index (Phi) is 3.88. The minimum atomic E-state index is -0.636. The average molecular weight is 247 g/mol. The minimum Gasteiger partial charge on any atom is -0.322 e. The summed E-state index contributed by atoms with van der Waals surface area (Å²) in [6.07, 6.45) is 6.29. The molecule has 1 aromatic rings. The first kappa shape index (κ1) is 12.5. The van der Waals surface area contributed by atoms with Gasteiger partial charge in [-0.2, -0.15) is 5.26 Å². The van der Waals surface area contributed by atoms with Crippen LogP contribution >= 0.6 is 0 Å². The molecule has 0 radical (unpaired) electrons. The van der Waals surface area contributed by atoms with Crippen LogP contribution in [0.15, 0.2) is 18.5 Å². The molecule has 1 amide bonds. The Balaban J connectivity index is 2.23. The average Bonchev–Trinajstić information content (AvgIpc) is 2.89. The highest BCUT2D eigenvalue weighted by atomic mass is 19.1. The predicted molar refractivity (Wildman–Crippen MR) is 63.1 cm³/mol. The van der Waals surface area contributed by atoms with Crippen LogP contribution in [0.5, 0.6) is 0 Å². The number of carbonyl (C=O) groups excluding carboxylic acids is 1. The van der Waals surface area contributed by atoms with Crippen LogP contribution in [0.2, 0.25) is 0 Å². The van der Waals surface area contributed by atoms with E-state index in [0.717, 1.165) is 31.9 Å². The number of carbonyl (C=O) groups is 1. The van der Waals surface area contributed by atoms with E-state index in [-0.39, 0.29) is 18.2 Å². The summed E-state index contributed by atoms with van der Waals surface area (Å²) in [6, 6.07) is 3.40. The zero-order valence-corrected chi connectivity index (χ0v) is 9.97. The number of halogens is 1. The lowest BCUT2D eigenvalue weighted by atomic mass is 10.1. The molecule has 0 spiro atoms. The van der Waals surface area contributed by atoms with Gasteiger partial charge in [0.1, 0.15) is 6.54 Å². The molecule has 0 unspecified atom stereocenters. The molecule has 18 heavy (non-hydrogen) atoms. The molecule has 0 saturated heterocycles. The van der Waals surface area contributed by atoms with E-state index in [1.165, 1.54) is 17.2 Å². The summed E-state index contributed by atoms with van der Waals surface area (Å²) in [5, 5.41) is 8.81. The fraction of sp³-hybridized carbons (Fsp3) is 0.462.